The molecule has 5 nitrogen and oxygen atoms in total. The third-order valence-corrected chi connectivity index (χ3v) is 3.21. The van der Waals surface area contributed by atoms with E-state index in [-0.39, 0.29) is 12.0 Å². The van der Waals surface area contributed by atoms with E-state index in [0.717, 1.165) is 12.3 Å². The van der Waals surface area contributed by atoms with Gasteiger partial charge in [0.2, 0.25) is 0 Å². The molecule has 2 atom stereocenters. The summed E-state index contributed by atoms with van der Waals surface area (Å²) in [5, 5.41) is 12.6. The predicted molar refractivity (Wildman–Crippen MR) is 56.7 cm³/mol. The average molecular weight is 224 g/mol. The van der Waals surface area contributed by atoms with Gasteiger partial charge in [-0.15, -0.1) is 0 Å². The maximum atomic E-state index is 10.9. The number of aromatic nitrogens is 1. The summed E-state index contributed by atoms with van der Waals surface area (Å²) in [6, 6.07) is 2.12. The van der Waals surface area contributed by atoms with Gasteiger partial charge in [-0.3, -0.25) is 9.69 Å². The Morgan fingerprint density at radius 2 is 2.56 bits per heavy atom. The fourth-order valence-corrected chi connectivity index (χ4v) is 2.20. The molecular weight excluding hydrogens is 208 g/mol. The summed E-state index contributed by atoms with van der Waals surface area (Å²) in [4.78, 5) is 13.1. The predicted octanol–water partition coefficient (Wildman–Crippen LogP) is 1.36. The highest BCUT2D eigenvalue weighted by Gasteiger charge is 2.29. The van der Waals surface area contributed by atoms with Crippen LogP contribution in [0.2, 0.25) is 0 Å². The number of hydrogen-bond acceptors (Lipinski definition) is 4. The van der Waals surface area contributed by atoms with Crippen LogP contribution in [0.5, 0.6) is 0 Å². The van der Waals surface area contributed by atoms with E-state index in [2.05, 4.69) is 17.0 Å². The van der Waals surface area contributed by atoms with Crippen molar-refractivity contribution in [1.82, 2.24) is 10.1 Å². The minimum absolute atomic E-state index is 0.194. The second kappa shape index (κ2) is 4.65. The topological polar surface area (TPSA) is 66.6 Å². The van der Waals surface area contributed by atoms with Crippen LogP contribution >= 0.6 is 0 Å². The molecule has 1 fully saturated rings. The zero-order valence-corrected chi connectivity index (χ0v) is 9.30. The van der Waals surface area contributed by atoms with Crippen LogP contribution in [-0.4, -0.2) is 33.7 Å². The van der Waals surface area contributed by atoms with Crippen LogP contribution in [0, 0.1) is 5.92 Å². The third-order valence-electron chi connectivity index (χ3n) is 3.21. The summed E-state index contributed by atoms with van der Waals surface area (Å²) in [5.41, 5.74) is 0. The largest absolute Gasteiger partial charge is 0.481 e. The number of likely N-dealkylation sites (tertiary alicyclic amines) is 1. The number of carbonyl (C=O) groups is 1. The SMILES string of the molecule is CC1CC(C(=O)O)CCN1Cc1ccno1. The molecule has 2 rings (SSSR count). The van der Waals surface area contributed by atoms with Gasteiger partial charge in [-0.05, 0) is 26.3 Å². The van der Waals surface area contributed by atoms with Gasteiger partial charge >= 0.3 is 5.97 Å². The molecule has 1 aromatic heterocycles. The molecule has 1 aromatic rings. The van der Waals surface area contributed by atoms with Crippen molar-refractivity contribution in [3.05, 3.63) is 18.0 Å². The van der Waals surface area contributed by atoms with E-state index in [1.165, 1.54) is 0 Å². The lowest BCUT2D eigenvalue weighted by Crippen LogP contribution is -2.42. The molecule has 1 saturated heterocycles. The lowest BCUT2D eigenvalue weighted by molar-refractivity contribution is -0.144. The van der Waals surface area contributed by atoms with E-state index < -0.39 is 5.97 Å². The molecule has 5 heteroatoms. The van der Waals surface area contributed by atoms with Gasteiger partial charge in [-0.2, -0.15) is 0 Å². The molecule has 0 spiro atoms. The molecule has 88 valence electrons. The molecule has 2 heterocycles. The first kappa shape index (κ1) is 11.1. The molecule has 0 saturated carbocycles. The number of piperidine rings is 1. The first-order chi connectivity index (χ1) is 7.66. The number of hydrogen-bond donors (Lipinski definition) is 1. The Morgan fingerprint density at radius 3 is 3.12 bits per heavy atom. The minimum atomic E-state index is -0.675. The summed E-state index contributed by atoms with van der Waals surface area (Å²) in [7, 11) is 0. The van der Waals surface area contributed by atoms with Gasteiger partial charge in [-0.1, -0.05) is 5.16 Å². The van der Waals surface area contributed by atoms with Gasteiger partial charge < -0.3 is 9.63 Å². The normalized spacial score (nSPS) is 26.8. The standard InChI is InChI=1S/C11H16N2O3/c1-8-6-9(11(14)15)3-5-13(8)7-10-2-4-12-16-10/h2,4,8-9H,3,5-7H2,1H3,(H,14,15). The van der Waals surface area contributed by atoms with Crippen LogP contribution in [-0.2, 0) is 11.3 Å². The van der Waals surface area contributed by atoms with Crippen molar-refractivity contribution in [2.45, 2.75) is 32.4 Å². The molecule has 0 amide bonds. The van der Waals surface area contributed by atoms with Crippen molar-refractivity contribution >= 4 is 5.97 Å². The van der Waals surface area contributed by atoms with E-state index in [9.17, 15) is 4.79 Å². The van der Waals surface area contributed by atoms with Gasteiger partial charge in [0, 0.05) is 12.1 Å². The third kappa shape index (κ3) is 2.41. The van der Waals surface area contributed by atoms with E-state index in [1.54, 1.807) is 6.20 Å². The monoisotopic (exact) mass is 224 g/mol. The molecular formula is C11H16N2O3. The Labute approximate surface area is 94.0 Å². The summed E-state index contributed by atoms with van der Waals surface area (Å²) < 4.78 is 5.05. The molecule has 0 radical (unpaired) electrons. The number of rotatable bonds is 3. The lowest BCUT2D eigenvalue weighted by Gasteiger charge is -2.35. The summed E-state index contributed by atoms with van der Waals surface area (Å²) in [6.07, 6.45) is 3.06. The molecule has 0 aliphatic carbocycles. The van der Waals surface area contributed by atoms with Gasteiger partial charge in [-0.25, -0.2) is 0 Å². The Hall–Kier alpha value is -1.36. The van der Waals surface area contributed by atoms with Crippen molar-refractivity contribution in [2.75, 3.05) is 6.54 Å². The Kier molecular flexibility index (Phi) is 3.24. The highest BCUT2D eigenvalue weighted by molar-refractivity contribution is 5.70. The van der Waals surface area contributed by atoms with Crippen LogP contribution in [0.4, 0.5) is 0 Å². The lowest BCUT2D eigenvalue weighted by atomic mass is 9.92. The zero-order valence-electron chi connectivity index (χ0n) is 9.30. The first-order valence-corrected chi connectivity index (χ1v) is 5.53. The molecule has 0 aromatic carbocycles. The highest BCUT2D eigenvalue weighted by Crippen LogP contribution is 2.24. The molecule has 1 aliphatic rings. The number of nitrogens with zero attached hydrogens (tertiary/aromatic N) is 2. The van der Waals surface area contributed by atoms with E-state index in [0.29, 0.717) is 19.4 Å². The molecule has 1 aliphatic heterocycles. The Morgan fingerprint density at radius 1 is 1.75 bits per heavy atom. The fourth-order valence-electron chi connectivity index (χ4n) is 2.20. The van der Waals surface area contributed by atoms with Gasteiger partial charge in [0.05, 0.1) is 18.7 Å². The highest BCUT2D eigenvalue weighted by atomic mass is 16.5. The second-order valence-corrected chi connectivity index (χ2v) is 4.36. The average Bonchev–Trinajstić information content (AvgIpc) is 2.73. The minimum Gasteiger partial charge on any atom is -0.481 e. The van der Waals surface area contributed by atoms with E-state index >= 15 is 0 Å². The Balaban J connectivity index is 1.91. The summed E-state index contributed by atoms with van der Waals surface area (Å²) in [5.74, 6) is -0.0345. The second-order valence-electron chi connectivity index (χ2n) is 4.36. The maximum absolute atomic E-state index is 10.9. The molecule has 1 N–H and O–H groups in total. The summed E-state index contributed by atoms with van der Waals surface area (Å²) >= 11 is 0. The molecule has 0 bridgehead atoms. The van der Waals surface area contributed by atoms with Crippen molar-refractivity contribution in [2.24, 2.45) is 5.92 Å². The van der Waals surface area contributed by atoms with Crippen LogP contribution in [0.1, 0.15) is 25.5 Å². The molecule has 2 unspecified atom stereocenters. The van der Waals surface area contributed by atoms with Crippen molar-refractivity contribution in [1.29, 1.82) is 0 Å². The van der Waals surface area contributed by atoms with E-state index in [1.807, 2.05) is 6.07 Å². The van der Waals surface area contributed by atoms with Gasteiger partial charge in [0.15, 0.2) is 5.76 Å². The number of carboxylic acids is 1. The summed E-state index contributed by atoms with van der Waals surface area (Å²) in [6.45, 7) is 3.58. The zero-order chi connectivity index (χ0) is 11.5. The van der Waals surface area contributed by atoms with Crippen molar-refractivity contribution < 1.29 is 14.4 Å². The quantitative estimate of drug-likeness (QED) is 0.839. The Bertz CT molecular complexity index is 350. The van der Waals surface area contributed by atoms with Crippen molar-refractivity contribution in [3.63, 3.8) is 0 Å². The van der Waals surface area contributed by atoms with E-state index in [4.69, 9.17) is 9.63 Å². The number of aliphatic carboxylic acids is 1. The smallest absolute Gasteiger partial charge is 0.306 e. The van der Waals surface area contributed by atoms with Crippen LogP contribution in [0.25, 0.3) is 0 Å². The first-order valence-electron chi connectivity index (χ1n) is 5.53. The fraction of sp³-hybridized carbons (Fsp3) is 0.636. The van der Waals surface area contributed by atoms with Crippen LogP contribution < -0.4 is 0 Å². The molecule has 16 heavy (non-hydrogen) atoms. The van der Waals surface area contributed by atoms with Crippen LogP contribution in [0.15, 0.2) is 16.8 Å². The number of carboxylic acid groups (broad SMARTS) is 1. The van der Waals surface area contributed by atoms with Crippen LogP contribution in [0.3, 0.4) is 0 Å². The van der Waals surface area contributed by atoms with Gasteiger partial charge in [0.1, 0.15) is 0 Å². The maximum Gasteiger partial charge on any atom is 0.306 e. The van der Waals surface area contributed by atoms with Crippen molar-refractivity contribution in [3.8, 4) is 0 Å². The van der Waals surface area contributed by atoms with Gasteiger partial charge in [0.25, 0.3) is 0 Å².